The summed E-state index contributed by atoms with van der Waals surface area (Å²) in [5, 5.41) is 6.75. The van der Waals surface area contributed by atoms with Crippen LogP contribution >= 0.6 is 0 Å². The predicted molar refractivity (Wildman–Crippen MR) is 95.5 cm³/mol. The van der Waals surface area contributed by atoms with Gasteiger partial charge in [0.2, 0.25) is 5.91 Å². The van der Waals surface area contributed by atoms with Crippen LogP contribution in [0.1, 0.15) is 58.8 Å². The van der Waals surface area contributed by atoms with Crippen LogP contribution in [0.3, 0.4) is 0 Å². The van der Waals surface area contributed by atoms with Crippen molar-refractivity contribution in [1.82, 2.24) is 15.5 Å². The molecular formula is C18H34N4O. The molecule has 1 heterocycles. The van der Waals surface area contributed by atoms with Crippen LogP contribution < -0.4 is 10.6 Å². The molecule has 0 spiro atoms. The first-order valence-electron chi connectivity index (χ1n) is 9.50. The van der Waals surface area contributed by atoms with Crippen LogP contribution in [-0.2, 0) is 4.79 Å². The molecule has 0 bridgehead atoms. The Bertz CT molecular complexity index is 396. The van der Waals surface area contributed by atoms with Crippen LogP contribution in [0.2, 0.25) is 0 Å². The van der Waals surface area contributed by atoms with E-state index in [4.69, 9.17) is 4.99 Å². The fourth-order valence-corrected chi connectivity index (χ4v) is 3.63. The van der Waals surface area contributed by atoms with Crippen molar-refractivity contribution in [1.29, 1.82) is 0 Å². The van der Waals surface area contributed by atoms with Crippen molar-refractivity contribution < 1.29 is 4.79 Å². The lowest BCUT2D eigenvalue weighted by atomic mass is 9.80. The number of nitrogens with one attached hydrogen (secondary N) is 2. The zero-order valence-corrected chi connectivity index (χ0v) is 14.9. The second kappa shape index (κ2) is 9.78. The Balaban J connectivity index is 1.69. The summed E-state index contributed by atoms with van der Waals surface area (Å²) < 4.78 is 0. The zero-order chi connectivity index (χ0) is 16.5. The molecule has 0 aromatic carbocycles. The third kappa shape index (κ3) is 6.04. The van der Waals surface area contributed by atoms with Gasteiger partial charge >= 0.3 is 0 Å². The van der Waals surface area contributed by atoms with Crippen LogP contribution in [0.25, 0.3) is 0 Å². The second-order valence-corrected chi connectivity index (χ2v) is 7.01. The number of aliphatic imine (C=N–C) groups is 1. The fourth-order valence-electron chi connectivity index (χ4n) is 3.63. The van der Waals surface area contributed by atoms with Crippen molar-refractivity contribution in [2.75, 3.05) is 32.7 Å². The van der Waals surface area contributed by atoms with Crippen LogP contribution in [0.4, 0.5) is 0 Å². The number of nitrogens with zero attached hydrogens (tertiary/aromatic N) is 2. The Morgan fingerprint density at radius 2 is 2.09 bits per heavy atom. The highest BCUT2D eigenvalue weighted by Crippen LogP contribution is 2.29. The Kier molecular flexibility index (Phi) is 7.69. The molecule has 1 aliphatic heterocycles. The number of carbonyl (C=O) groups is 1. The summed E-state index contributed by atoms with van der Waals surface area (Å²) in [6.45, 7) is 8.96. The van der Waals surface area contributed by atoms with E-state index in [1.165, 1.54) is 25.7 Å². The van der Waals surface area contributed by atoms with E-state index in [9.17, 15) is 4.79 Å². The predicted octanol–water partition coefficient (Wildman–Crippen LogP) is 2.38. The first-order chi connectivity index (χ1) is 11.2. The summed E-state index contributed by atoms with van der Waals surface area (Å²) >= 11 is 0. The van der Waals surface area contributed by atoms with Gasteiger partial charge in [-0.2, -0.15) is 0 Å². The van der Waals surface area contributed by atoms with E-state index in [-0.39, 0.29) is 0 Å². The lowest BCUT2D eigenvalue weighted by Gasteiger charge is -2.27. The van der Waals surface area contributed by atoms with Crippen molar-refractivity contribution in [2.45, 2.75) is 58.8 Å². The lowest BCUT2D eigenvalue weighted by molar-refractivity contribution is -0.127. The highest BCUT2D eigenvalue weighted by molar-refractivity contribution is 5.79. The van der Waals surface area contributed by atoms with Crippen molar-refractivity contribution in [3.63, 3.8) is 0 Å². The molecule has 2 unspecified atom stereocenters. The minimum absolute atomic E-state index is 0.317. The van der Waals surface area contributed by atoms with Crippen LogP contribution in [0.15, 0.2) is 4.99 Å². The van der Waals surface area contributed by atoms with Gasteiger partial charge in [-0.15, -0.1) is 0 Å². The third-order valence-electron chi connectivity index (χ3n) is 5.19. The fraction of sp³-hybridized carbons (Fsp3) is 0.889. The van der Waals surface area contributed by atoms with Gasteiger partial charge in [0.25, 0.3) is 0 Å². The van der Waals surface area contributed by atoms with Gasteiger partial charge in [-0.05, 0) is 38.0 Å². The molecule has 1 saturated carbocycles. The summed E-state index contributed by atoms with van der Waals surface area (Å²) in [5.41, 5.74) is 0. The Hall–Kier alpha value is -1.26. The molecule has 1 aliphatic carbocycles. The molecule has 2 fully saturated rings. The van der Waals surface area contributed by atoms with Gasteiger partial charge in [0, 0.05) is 39.1 Å². The molecule has 0 aromatic rings. The SMILES string of the molecule is CCNC(=NCC1CCCCC1C)NCCCN1CCCC1=O. The van der Waals surface area contributed by atoms with Crippen molar-refractivity contribution in [3.8, 4) is 0 Å². The minimum Gasteiger partial charge on any atom is -0.357 e. The number of amides is 1. The number of likely N-dealkylation sites (tertiary alicyclic amines) is 1. The normalized spacial score (nSPS) is 25.7. The van der Waals surface area contributed by atoms with Crippen LogP contribution in [0.5, 0.6) is 0 Å². The van der Waals surface area contributed by atoms with Crippen molar-refractivity contribution in [3.05, 3.63) is 0 Å². The van der Waals surface area contributed by atoms with Gasteiger partial charge in [0.1, 0.15) is 0 Å². The first-order valence-corrected chi connectivity index (χ1v) is 9.50. The number of guanidine groups is 1. The Morgan fingerprint density at radius 3 is 2.78 bits per heavy atom. The van der Waals surface area contributed by atoms with Gasteiger partial charge in [0.15, 0.2) is 5.96 Å². The van der Waals surface area contributed by atoms with Gasteiger partial charge in [0.05, 0.1) is 0 Å². The highest BCUT2D eigenvalue weighted by atomic mass is 16.2. The minimum atomic E-state index is 0.317. The average Bonchev–Trinajstić information content (AvgIpc) is 2.95. The molecule has 5 nitrogen and oxygen atoms in total. The molecule has 1 saturated heterocycles. The van der Waals surface area contributed by atoms with Crippen molar-refractivity contribution in [2.24, 2.45) is 16.8 Å². The number of hydrogen-bond donors (Lipinski definition) is 2. The van der Waals surface area contributed by atoms with Gasteiger partial charge in [-0.1, -0.05) is 26.2 Å². The molecule has 0 aromatic heterocycles. The number of rotatable bonds is 7. The Morgan fingerprint density at radius 1 is 1.26 bits per heavy atom. The summed E-state index contributed by atoms with van der Waals surface area (Å²) in [6.07, 6.45) is 8.16. The van der Waals surface area contributed by atoms with Gasteiger partial charge in [-0.25, -0.2) is 0 Å². The zero-order valence-electron chi connectivity index (χ0n) is 14.9. The van der Waals surface area contributed by atoms with E-state index in [0.717, 1.165) is 69.8 Å². The number of carbonyl (C=O) groups excluding carboxylic acids is 1. The molecule has 132 valence electrons. The van der Waals surface area contributed by atoms with E-state index < -0.39 is 0 Å². The van der Waals surface area contributed by atoms with E-state index >= 15 is 0 Å². The summed E-state index contributed by atoms with van der Waals surface area (Å²) in [7, 11) is 0. The summed E-state index contributed by atoms with van der Waals surface area (Å²) in [4.78, 5) is 18.3. The molecule has 2 rings (SSSR count). The Labute approximate surface area is 141 Å². The lowest BCUT2D eigenvalue weighted by Crippen LogP contribution is -2.39. The standard InChI is InChI=1S/C18H34N4O/c1-3-19-18(21-14-16-9-5-4-8-15(16)2)20-11-7-13-22-12-6-10-17(22)23/h15-16H,3-14H2,1-2H3,(H2,19,20,21). The third-order valence-corrected chi connectivity index (χ3v) is 5.19. The summed E-state index contributed by atoms with van der Waals surface area (Å²) in [5.74, 6) is 2.79. The molecule has 2 aliphatic rings. The van der Waals surface area contributed by atoms with Crippen molar-refractivity contribution >= 4 is 11.9 Å². The maximum Gasteiger partial charge on any atom is 0.222 e. The largest absolute Gasteiger partial charge is 0.357 e. The maximum absolute atomic E-state index is 11.6. The molecule has 2 N–H and O–H groups in total. The van der Waals surface area contributed by atoms with Crippen LogP contribution in [0, 0.1) is 11.8 Å². The molecule has 23 heavy (non-hydrogen) atoms. The molecule has 5 heteroatoms. The first kappa shape index (κ1) is 18.1. The quantitative estimate of drug-likeness (QED) is 0.430. The number of hydrogen-bond acceptors (Lipinski definition) is 2. The molecule has 1 amide bonds. The topological polar surface area (TPSA) is 56.7 Å². The average molecular weight is 322 g/mol. The maximum atomic E-state index is 11.6. The molecule has 2 atom stereocenters. The summed E-state index contributed by atoms with van der Waals surface area (Å²) in [6, 6.07) is 0. The highest BCUT2D eigenvalue weighted by Gasteiger charge is 2.21. The van der Waals surface area contributed by atoms with E-state index in [2.05, 4.69) is 24.5 Å². The smallest absolute Gasteiger partial charge is 0.222 e. The van der Waals surface area contributed by atoms with E-state index in [1.807, 2.05) is 4.90 Å². The molecule has 0 radical (unpaired) electrons. The van der Waals surface area contributed by atoms with Crippen LogP contribution in [-0.4, -0.2) is 49.5 Å². The van der Waals surface area contributed by atoms with E-state index in [1.54, 1.807) is 0 Å². The van der Waals surface area contributed by atoms with Gasteiger partial charge < -0.3 is 15.5 Å². The second-order valence-electron chi connectivity index (χ2n) is 7.01. The monoisotopic (exact) mass is 322 g/mol. The van der Waals surface area contributed by atoms with Gasteiger partial charge in [-0.3, -0.25) is 9.79 Å². The van der Waals surface area contributed by atoms with E-state index in [0.29, 0.717) is 5.91 Å². The molecular weight excluding hydrogens is 288 g/mol.